The molecule has 2 aromatic heterocycles. The van der Waals surface area contributed by atoms with E-state index in [0.717, 1.165) is 12.2 Å². The van der Waals surface area contributed by atoms with Crippen LogP contribution in [0.1, 0.15) is 39.4 Å². The number of ether oxygens (including phenoxy) is 1. The second kappa shape index (κ2) is 7.30. The fourth-order valence-corrected chi connectivity index (χ4v) is 2.30. The number of hydrogen-bond acceptors (Lipinski definition) is 4. The molecule has 2 heterocycles. The Morgan fingerprint density at radius 2 is 2.22 bits per heavy atom. The summed E-state index contributed by atoms with van der Waals surface area (Å²) in [4.78, 5) is 15.9. The molecule has 7 heteroatoms. The van der Waals surface area contributed by atoms with Crippen LogP contribution in [0, 0.1) is 0 Å². The number of carbonyl (C=O) groups excluding carboxylic acids is 1. The summed E-state index contributed by atoms with van der Waals surface area (Å²) < 4.78 is 9.23. The molecule has 0 aromatic carbocycles. The van der Waals surface area contributed by atoms with Crippen molar-refractivity contribution in [2.75, 3.05) is 6.54 Å². The van der Waals surface area contributed by atoms with Crippen molar-refractivity contribution in [3.63, 3.8) is 0 Å². The highest BCUT2D eigenvalue weighted by molar-refractivity contribution is 5.67. The summed E-state index contributed by atoms with van der Waals surface area (Å²) in [6.07, 6.45) is 7.66. The standard InChI is InChI=1S/C16H25N5O2/c1-13(11-20-9-5-7-19-20)21-12-17-10-14(21)6-8-18-15(22)23-16(2,3)4/h5,7,9-10,12-13H,6,8,11H2,1-4H3,(H,18,22). The Balaban J connectivity index is 1.85. The second-order valence-electron chi connectivity index (χ2n) is 6.55. The summed E-state index contributed by atoms with van der Waals surface area (Å²) in [6, 6.07) is 2.14. The molecule has 0 saturated heterocycles. The smallest absolute Gasteiger partial charge is 0.407 e. The van der Waals surface area contributed by atoms with Crippen molar-refractivity contribution in [1.82, 2.24) is 24.6 Å². The fourth-order valence-electron chi connectivity index (χ4n) is 2.30. The molecule has 126 valence electrons. The Morgan fingerprint density at radius 1 is 1.43 bits per heavy atom. The van der Waals surface area contributed by atoms with Gasteiger partial charge in [-0.2, -0.15) is 5.10 Å². The maximum atomic E-state index is 11.7. The molecule has 0 aliphatic heterocycles. The number of nitrogens with one attached hydrogen (secondary N) is 1. The van der Waals surface area contributed by atoms with E-state index >= 15 is 0 Å². The molecule has 1 N–H and O–H groups in total. The first-order chi connectivity index (χ1) is 10.8. The van der Waals surface area contributed by atoms with E-state index < -0.39 is 11.7 Å². The maximum absolute atomic E-state index is 11.7. The van der Waals surface area contributed by atoms with Gasteiger partial charge in [0.1, 0.15) is 5.60 Å². The monoisotopic (exact) mass is 319 g/mol. The van der Waals surface area contributed by atoms with E-state index in [-0.39, 0.29) is 6.04 Å². The van der Waals surface area contributed by atoms with Crippen molar-refractivity contribution >= 4 is 6.09 Å². The quantitative estimate of drug-likeness (QED) is 0.887. The van der Waals surface area contributed by atoms with Crippen LogP contribution in [0.5, 0.6) is 0 Å². The molecule has 2 rings (SSSR count). The van der Waals surface area contributed by atoms with Gasteiger partial charge in [0.15, 0.2) is 0 Å². The van der Waals surface area contributed by atoms with Gasteiger partial charge >= 0.3 is 6.09 Å². The van der Waals surface area contributed by atoms with Gasteiger partial charge in [-0.05, 0) is 33.8 Å². The highest BCUT2D eigenvalue weighted by Crippen LogP contribution is 2.12. The molecule has 0 bridgehead atoms. The average molecular weight is 319 g/mol. The summed E-state index contributed by atoms with van der Waals surface area (Å²) in [6.45, 7) is 8.94. The van der Waals surface area contributed by atoms with Crippen LogP contribution in [-0.4, -0.2) is 37.6 Å². The van der Waals surface area contributed by atoms with Crippen LogP contribution in [0.3, 0.4) is 0 Å². The minimum absolute atomic E-state index is 0.230. The van der Waals surface area contributed by atoms with Crippen molar-refractivity contribution < 1.29 is 9.53 Å². The molecule has 1 unspecified atom stereocenters. The molecule has 2 aromatic rings. The first-order valence-corrected chi connectivity index (χ1v) is 7.80. The maximum Gasteiger partial charge on any atom is 0.407 e. The van der Waals surface area contributed by atoms with Gasteiger partial charge in [0, 0.05) is 37.3 Å². The normalized spacial score (nSPS) is 12.9. The van der Waals surface area contributed by atoms with Crippen molar-refractivity contribution in [2.45, 2.75) is 52.3 Å². The second-order valence-corrected chi connectivity index (χ2v) is 6.55. The van der Waals surface area contributed by atoms with Crippen LogP contribution in [0.4, 0.5) is 4.79 Å². The molecule has 0 saturated carbocycles. The van der Waals surface area contributed by atoms with Gasteiger partial charge in [0.25, 0.3) is 0 Å². The molecule has 0 aliphatic carbocycles. The highest BCUT2D eigenvalue weighted by atomic mass is 16.6. The average Bonchev–Trinajstić information content (AvgIpc) is 3.07. The Kier molecular flexibility index (Phi) is 5.41. The molecule has 0 radical (unpaired) electrons. The van der Waals surface area contributed by atoms with Crippen molar-refractivity contribution in [2.24, 2.45) is 0 Å². The molecule has 1 amide bonds. The van der Waals surface area contributed by atoms with Crippen LogP contribution in [0.15, 0.2) is 31.0 Å². The zero-order valence-electron chi connectivity index (χ0n) is 14.2. The molecule has 0 spiro atoms. The van der Waals surface area contributed by atoms with Crippen LogP contribution in [0.2, 0.25) is 0 Å². The van der Waals surface area contributed by atoms with Crippen LogP contribution in [0.25, 0.3) is 0 Å². The van der Waals surface area contributed by atoms with E-state index in [2.05, 4.69) is 26.9 Å². The summed E-state index contributed by atoms with van der Waals surface area (Å²) in [5, 5.41) is 6.99. The minimum atomic E-state index is -0.482. The van der Waals surface area contributed by atoms with Gasteiger partial charge in [0.05, 0.1) is 18.9 Å². The van der Waals surface area contributed by atoms with E-state index in [1.165, 1.54) is 0 Å². The van der Waals surface area contributed by atoms with Crippen LogP contribution in [-0.2, 0) is 17.7 Å². The zero-order chi connectivity index (χ0) is 16.9. The van der Waals surface area contributed by atoms with Crippen LogP contribution < -0.4 is 5.32 Å². The van der Waals surface area contributed by atoms with Crippen molar-refractivity contribution in [3.05, 3.63) is 36.7 Å². The Hall–Kier alpha value is -2.31. The van der Waals surface area contributed by atoms with E-state index in [1.54, 1.807) is 6.20 Å². The largest absolute Gasteiger partial charge is 0.444 e. The number of aromatic nitrogens is 4. The number of hydrogen-bond donors (Lipinski definition) is 1. The lowest BCUT2D eigenvalue weighted by Crippen LogP contribution is -2.33. The molecule has 0 fully saturated rings. The third-order valence-corrected chi connectivity index (χ3v) is 3.28. The van der Waals surface area contributed by atoms with Gasteiger partial charge in [-0.3, -0.25) is 4.68 Å². The van der Waals surface area contributed by atoms with Gasteiger partial charge in [0.2, 0.25) is 0 Å². The fraction of sp³-hybridized carbons (Fsp3) is 0.562. The van der Waals surface area contributed by atoms with E-state index in [9.17, 15) is 4.79 Å². The van der Waals surface area contributed by atoms with Crippen molar-refractivity contribution in [1.29, 1.82) is 0 Å². The number of rotatable bonds is 6. The molecule has 1 atom stereocenters. The lowest BCUT2D eigenvalue weighted by atomic mass is 10.2. The van der Waals surface area contributed by atoms with Gasteiger partial charge < -0.3 is 14.6 Å². The molecule has 0 aliphatic rings. The molecular weight excluding hydrogens is 294 g/mol. The van der Waals surface area contributed by atoms with E-state index in [1.807, 2.05) is 50.2 Å². The van der Waals surface area contributed by atoms with Crippen molar-refractivity contribution in [3.8, 4) is 0 Å². The SMILES string of the molecule is CC(Cn1cccn1)n1cncc1CCNC(=O)OC(C)(C)C. The number of alkyl carbamates (subject to hydrolysis) is 1. The molecule has 23 heavy (non-hydrogen) atoms. The Morgan fingerprint density at radius 3 is 2.87 bits per heavy atom. The predicted octanol–water partition coefficient (Wildman–Crippen LogP) is 2.41. The lowest BCUT2D eigenvalue weighted by molar-refractivity contribution is 0.0528. The summed E-state index contributed by atoms with van der Waals surface area (Å²) in [5.74, 6) is 0. The summed E-state index contributed by atoms with van der Waals surface area (Å²) in [7, 11) is 0. The number of nitrogens with zero attached hydrogens (tertiary/aromatic N) is 4. The Labute approximate surface area is 136 Å². The lowest BCUT2D eigenvalue weighted by Gasteiger charge is -2.20. The first-order valence-electron chi connectivity index (χ1n) is 7.80. The number of amides is 1. The summed E-state index contributed by atoms with van der Waals surface area (Å²) >= 11 is 0. The van der Waals surface area contributed by atoms with Gasteiger partial charge in [-0.15, -0.1) is 0 Å². The molecular formula is C16H25N5O2. The third-order valence-electron chi connectivity index (χ3n) is 3.28. The van der Waals surface area contributed by atoms with E-state index in [4.69, 9.17) is 4.74 Å². The first kappa shape index (κ1) is 17.1. The topological polar surface area (TPSA) is 74.0 Å². The number of carbonyl (C=O) groups is 1. The Bertz CT molecular complexity index is 613. The summed E-state index contributed by atoms with van der Waals surface area (Å²) in [5.41, 5.74) is 0.588. The predicted molar refractivity (Wildman–Crippen MR) is 87.1 cm³/mol. The zero-order valence-corrected chi connectivity index (χ0v) is 14.2. The third kappa shape index (κ3) is 5.43. The minimum Gasteiger partial charge on any atom is -0.444 e. The van der Waals surface area contributed by atoms with Gasteiger partial charge in [-0.25, -0.2) is 9.78 Å². The van der Waals surface area contributed by atoms with Crippen LogP contribution >= 0.6 is 0 Å². The van der Waals surface area contributed by atoms with E-state index in [0.29, 0.717) is 13.0 Å². The highest BCUT2D eigenvalue weighted by Gasteiger charge is 2.16. The van der Waals surface area contributed by atoms with Gasteiger partial charge in [-0.1, -0.05) is 0 Å². The molecule has 7 nitrogen and oxygen atoms in total. The number of imidazole rings is 1.